The van der Waals surface area contributed by atoms with Crippen LogP contribution in [-0.4, -0.2) is 0 Å². The van der Waals surface area contributed by atoms with E-state index < -0.39 is 0 Å². The van der Waals surface area contributed by atoms with Crippen molar-refractivity contribution in [1.82, 2.24) is 0 Å². The van der Waals surface area contributed by atoms with Crippen molar-refractivity contribution >= 4 is 50.1 Å². The average molecular weight is 411 g/mol. The molecule has 0 aliphatic carbocycles. The predicted octanol–water partition coefficient (Wildman–Crippen LogP) is 7.47. The maximum atomic E-state index is 5.39. The first-order valence-electron chi connectivity index (χ1n) is 9.13. The Bertz CT molecular complexity index is 911. The van der Waals surface area contributed by atoms with Crippen LogP contribution in [-0.2, 0) is 6.42 Å². The van der Waals surface area contributed by atoms with E-state index in [1.54, 1.807) is 0 Å². The molecular weight excluding hydrogens is 384 g/mol. The van der Waals surface area contributed by atoms with E-state index in [-0.39, 0.29) is 0 Å². The molecule has 2 nitrogen and oxygen atoms in total. The Labute approximate surface area is 179 Å². The van der Waals surface area contributed by atoms with Crippen LogP contribution >= 0.6 is 25.8 Å². The first-order valence-corrected chi connectivity index (χ1v) is 9.86. The van der Waals surface area contributed by atoms with E-state index in [0.717, 1.165) is 39.8 Å². The van der Waals surface area contributed by atoms with E-state index in [2.05, 4.69) is 64.1 Å². The van der Waals surface area contributed by atoms with Gasteiger partial charge in [0, 0.05) is 43.4 Å². The fourth-order valence-corrected chi connectivity index (χ4v) is 3.56. The molecule has 0 bridgehead atoms. The van der Waals surface area contributed by atoms with Crippen molar-refractivity contribution in [3.05, 3.63) is 83.0 Å². The normalized spacial score (nSPS) is 11.1. The minimum atomic E-state index is 0.573. The van der Waals surface area contributed by atoms with Crippen LogP contribution in [0.4, 0.5) is 0 Å². The quantitative estimate of drug-likeness (QED) is 0.330. The summed E-state index contributed by atoms with van der Waals surface area (Å²) in [5.41, 5.74) is 6.15. The maximum Gasteiger partial charge on any atom is 0.141 e. The summed E-state index contributed by atoms with van der Waals surface area (Å²) in [6.45, 7) is 12.1. The van der Waals surface area contributed by atoms with Gasteiger partial charge < -0.3 is 8.37 Å². The number of rotatable bonds is 9. The van der Waals surface area contributed by atoms with E-state index in [0.29, 0.717) is 17.9 Å². The van der Waals surface area contributed by atoms with E-state index in [4.69, 9.17) is 8.37 Å². The first-order chi connectivity index (χ1) is 13.6. The van der Waals surface area contributed by atoms with Gasteiger partial charge in [-0.05, 0) is 47.7 Å². The van der Waals surface area contributed by atoms with E-state index in [1.165, 1.54) is 0 Å². The molecule has 0 heterocycles. The molecular formula is C24H26O2S2. The van der Waals surface area contributed by atoms with Crippen molar-refractivity contribution in [2.24, 2.45) is 0 Å². The lowest BCUT2D eigenvalue weighted by Gasteiger charge is -2.18. The molecule has 0 N–H and O–H groups in total. The highest BCUT2D eigenvalue weighted by Crippen LogP contribution is 2.36. The molecule has 0 saturated carbocycles. The van der Waals surface area contributed by atoms with Gasteiger partial charge >= 0.3 is 0 Å². The number of hydrogen-bond donors (Lipinski definition) is 2. The van der Waals surface area contributed by atoms with E-state index in [1.807, 2.05) is 49.4 Å². The molecule has 4 heteroatoms. The van der Waals surface area contributed by atoms with E-state index in [9.17, 15) is 0 Å². The summed E-state index contributed by atoms with van der Waals surface area (Å²) in [5.74, 6) is 1.38. The molecule has 146 valence electrons. The molecule has 0 unspecified atom stereocenters. The molecule has 0 aromatic heterocycles. The average Bonchev–Trinajstić information content (AvgIpc) is 2.72. The van der Waals surface area contributed by atoms with Crippen LogP contribution in [0.25, 0.3) is 24.3 Å². The Morgan fingerprint density at radius 1 is 0.857 bits per heavy atom. The van der Waals surface area contributed by atoms with Crippen molar-refractivity contribution in [2.75, 3.05) is 0 Å². The van der Waals surface area contributed by atoms with Crippen LogP contribution in [0.2, 0.25) is 0 Å². The molecule has 2 aromatic rings. The highest BCUT2D eigenvalue weighted by atomic mass is 32.1. The second kappa shape index (κ2) is 10.9. The van der Waals surface area contributed by atoms with Gasteiger partial charge in [0.05, 0.1) is 0 Å². The smallest absolute Gasteiger partial charge is 0.141 e. The molecule has 0 amide bonds. The Morgan fingerprint density at radius 2 is 1.46 bits per heavy atom. The van der Waals surface area contributed by atoms with Crippen LogP contribution in [0.3, 0.4) is 0 Å². The summed E-state index contributed by atoms with van der Waals surface area (Å²) in [4.78, 5) is 0. The monoisotopic (exact) mass is 410 g/mol. The van der Waals surface area contributed by atoms with Crippen LogP contribution in [0.15, 0.2) is 49.6 Å². The lowest BCUT2D eigenvalue weighted by Crippen LogP contribution is -2.02. The standard InChI is InChI=1S/C24H26O2S2/c1-5-9-11-20-17(7-3)12-14-24(26-28)22(20)16-21-19(8-4)18(10-6-2)13-15-23(21)25-27/h6-15,27-28H,3-5,16H2,1-2H3/b10-6-,11-9-. The van der Waals surface area contributed by atoms with Gasteiger partial charge in [0.2, 0.25) is 0 Å². The van der Waals surface area contributed by atoms with Crippen molar-refractivity contribution in [3.8, 4) is 11.5 Å². The summed E-state index contributed by atoms with van der Waals surface area (Å²) >= 11 is 8.13. The molecule has 2 rings (SSSR count). The second-order valence-electron chi connectivity index (χ2n) is 6.17. The summed E-state index contributed by atoms with van der Waals surface area (Å²) < 4.78 is 10.8. The molecule has 0 saturated heterocycles. The summed E-state index contributed by atoms with van der Waals surface area (Å²) in [7, 11) is 0. The highest BCUT2D eigenvalue weighted by molar-refractivity contribution is 7.75. The molecule has 0 spiro atoms. The van der Waals surface area contributed by atoms with Crippen molar-refractivity contribution in [1.29, 1.82) is 0 Å². The number of allylic oxidation sites excluding steroid dienone is 2. The number of hydrogen-bond acceptors (Lipinski definition) is 4. The Balaban J connectivity index is 2.77. The molecule has 0 atom stereocenters. The SMILES string of the molecule is C=Cc1ccc(OS)c(Cc2c(OS)ccc(/C=C\C)c2C=C)c1/C=C\CC. The predicted molar refractivity (Wildman–Crippen MR) is 129 cm³/mol. The summed E-state index contributed by atoms with van der Waals surface area (Å²) in [6, 6.07) is 7.82. The fraction of sp³-hybridized carbons (Fsp3) is 0.167. The molecule has 0 aliphatic heterocycles. The van der Waals surface area contributed by atoms with Gasteiger partial charge in [0.1, 0.15) is 11.5 Å². The molecule has 0 fully saturated rings. The lowest BCUT2D eigenvalue weighted by molar-refractivity contribution is 0.637. The highest BCUT2D eigenvalue weighted by Gasteiger charge is 2.18. The van der Waals surface area contributed by atoms with Crippen molar-refractivity contribution < 1.29 is 8.37 Å². The van der Waals surface area contributed by atoms with Crippen LogP contribution < -0.4 is 8.37 Å². The van der Waals surface area contributed by atoms with Gasteiger partial charge in [0.15, 0.2) is 0 Å². The maximum absolute atomic E-state index is 5.39. The Hall–Kier alpha value is -2.30. The largest absolute Gasteiger partial charge is 0.429 e. The third kappa shape index (κ3) is 4.75. The zero-order valence-electron chi connectivity index (χ0n) is 16.3. The van der Waals surface area contributed by atoms with Crippen LogP contribution in [0.5, 0.6) is 11.5 Å². The summed E-state index contributed by atoms with van der Waals surface area (Å²) in [5, 5.41) is 0. The van der Waals surface area contributed by atoms with Gasteiger partial charge in [-0.2, -0.15) is 0 Å². The summed E-state index contributed by atoms with van der Waals surface area (Å²) in [6.07, 6.45) is 13.5. The second-order valence-corrected chi connectivity index (χ2v) is 6.53. The topological polar surface area (TPSA) is 18.5 Å². The third-order valence-electron chi connectivity index (χ3n) is 4.54. The molecule has 28 heavy (non-hydrogen) atoms. The zero-order chi connectivity index (χ0) is 20.5. The lowest BCUT2D eigenvalue weighted by atomic mass is 9.90. The zero-order valence-corrected chi connectivity index (χ0v) is 18.1. The van der Waals surface area contributed by atoms with Gasteiger partial charge in [-0.3, -0.25) is 0 Å². The van der Waals surface area contributed by atoms with Crippen LogP contribution in [0.1, 0.15) is 53.6 Å². The van der Waals surface area contributed by atoms with Gasteiger partial charge in [-0.1, -0.05) is 68.7 Å². The third-order valence-corrected chi connectivity index (χ3v) is 4.93. The Morgan fingerprint density at radius 3 is 1.96 bits per heavy atom. The first kappa shape index (κ1) is 22.0. The van der Waals surface area contributed by atoms with Crippen molar-refractivity contribution in [2.45, 2.75) is 26.7 Å². The van der Waals surface area contributed by atoms with Gasteiger partial charge in [0.25, 0.3) is 0 Å². The van der Waals surface area contributed by atoms with Gasteiger partial charge in [-0.25, -0.2) is 0 Å². The van der Waals surface area contributed by atoms with Gasteiger partial charge in [-0.15, -0.1) is 0 Å². The molecule has 0 radical (unpaired) electrons. The van der Waals surface area contributed by atoms with E-state index >= 15 is 0 Å². The Kier molecular flexibility index (Phi) is 8.55. The fourth-order valence-electron chi connectivity index (χ4n) is 3.21. The van der Waals surface area contributed by atoms with Crippen LogP contribution in [0, 0.1) is 0 Å². The molecule has 2 aromatic carbocycles. The molecule has 0 aliphatic rings. The minimum Gasteiger partial charge on any atom is -0.429 e. The number of thiol groups is 2. The minimum absolute atomic E-state index is 0.573. The van der Waals surface area contributed by atoms with Crippen molar-refractivity contribution in [3.63, 3.8) is 0 Å². The number of benzene rings is 2.